The topological polar surface area (TPSA) is 38.9 Å². The van der Waals surface area contributed by atoms with Gasteiger partial charge in [0.15, 0.2) is 0 Å². The van der Waals surface area contributed by atoms with Gasteiger partial charge in [0, 0.05) is 54.3 Å². The van der Waals surface area contributed by atoms with Gasteiger partial charge in [-0.3, -0.25) is 0 Å². The molecule has 3 aromatic heterocycles. The number of fused-ring (bicyclic) bond motifs is 3. The minimum Gasteiger partial charge on any atom is -0.501 e. The van der Waals surface area contributed by atoms with Crippen molar-refractivity contribution in [2.24, 2.45) is 10.8 Å². The second-order valence-electron chi connectivity index (χ2n) is 17.2. The Morgan fingerprint density at radius 1 is 0.750 bits per heavy atom. The van der Waals surface area contributed by atoms with Crippen LogP contribution < -0.4 is 0 Å². The van der Waals surface area contributed by atoms with Crippen molar-refractivity contribution in [2.45, 2.75) is 93.1 Å². The third-order valence-electron chi connectivity index (χ3n) is 11.0. The minimum atomic E-state index is -2.54. The standard InChI is InChI=1S/C33H32NO.C23H24N.Ir/c1-21-18-24(23-14-16-33(3,4)17-15-23)12-13-25(21)29-19-30(34-20-22(29)2)28-10-7-9-27-26-8-5-6-11-31(26)35-32(27)28;1-17-10-12-20(14-21(17)19-8-6-5-7-9-19)22-13-11-18(16-24-22)15-23(2,3)4;/h5-9,11-13,18-20,23H,14-17H2,1-4H3;5-11,13-14,16H,15H2,1-4H3;/q2*-1;/i1D3,2D3,23D;1D3,15D2;. The Labute approximate surface area is 387 Å². The summed E-state index contributed by atoms with van der Waals surface area (Å²) in [4.78, 5) is 8.95. The van der Waals surface area contributed by atoms with Crippen molar-refractivity contribution < 1.29 is 41.0 Å². The summed E-state index contributed by atoms with van der Waals surface area (Å²) in [5.74, 6) is -0.893. The Hall–Kier alpha value is -5.15. The number of pyridine rings is 2. The maximum absolute atomic E-state index is 9.23. The van der Waals surface area contributed by atoms with Crippen LogP contribution in [-0.2, 0) is 26.5 Å². The van der Waals surface area contributed by atoms with E-state index in [1.165, 1.54) is 12.3 Å². The van der Waals surface area contributed by atoms with Gasteiger partial charge in [0.05, 0.1) is 5.58 Å². The maximum atomic E-state index is 9.23. The number of furan rings is 1. The van der Waals surface area contributed by atoms with Crippen LogP contribution in [0.3, 0.4) is 0 Å². The van der Waals surface area contributed by atoms with E-state index in [9.17, 15) is 1.37 Å². The third kappa shape index (κ3) is 9.57. The van der Waals surface area contributed by atoms with Crippen LogP contribution in [0.2, 0.25) is 0 Å². The van der Waals surface area contributed by atoms with Gasteiger partial charge in [-0.2, -0.15) is 0 Å². The smallest absolute Gasteiger partial charge is 0.120 e. The molecule has 1 aliphatic rings. The van der Waals surface area contributed by atoms with E-state index in [0.29, 0.717) is 68.8 Å². The molecule has 0 unspecified atom stereocenters. The molecule has 1 radical (unpaired) electrons. The van der Waals surface area contributed by atoms with Gasteiger partial charge in [0.2, 0.25) is 0 Å². The van der Waals surface area contributed by atoms with Crippen molar-refractivity contribution in [3.05, 3.63) is 168 Å². The molecule has 3 heterocycles. The second kappa shape index (κ2) is 17.8. The van der Waals surface area contributed by atoms with E-state index in [2.05, 4.69) is 35.9 Å². The monoisotopic (exact) mass is 977 g/mol. The van der Waals surface area contributed by atoms with Crippen molar-refractivity contribution in [3.8, 4) is 44.8 Å². The Kier molecular flexibility index (Phi) is 8.91. The van der Waals surface area contributed by atoms with Crippen LogP contribution in [0.5, 0.6) is 0 Å². The Morgan fingerprint density at radius 3 is 2.23 bits per heavy atom. The van der Waals surface area contributed by atoms with Crippen LogP contribution in [0.15, 0.2) is 132 Å². The number of aromatic nitrogens is 2. The average Bonchev–Trinajstić information content (AvgIpc) is 3.70. The predicted octanol–water partition coefficient (Wildman–Crippen LogP) is 15.5. The van der Waals surface area contributed by atoms with Crippen LogP contribution in [0.1, 0.15) is 110 Å². The molecule has 3 nitrogen and oxygen atoms in total. The average molecular weight is 977 g/mol. The second-order valence-corrected chi connectivity index (χ2v) is 17.2. The molecule has 0 saturated heterocycles. The number of rotatable bonds is 6. The molecule has 0 spiro atoms. The Morgan fingerprint density at radius 2 is 1.50 bits per heavy atom. The number of aryl methyl sites for hydroxylation is 3. The van der Waals surface area contributed by atoms with Gasteiger partial charge in [0.25, 0.3) is 0 Å². The number of hydrogen-bond acceptors (Lipinski definition) is 3. The molecule has 0 N–H and O–H groups in total. The summed E-state index contributed by atoms with van der Waals surface area (Å²) in [5, 5.41) is 1.82. The summed E-state index contributed by atoms with van der Waals surface area (Å²) in [7, 11) is 0. The van der Waals surface area contributed by atoms with Gasteiger partial charge in [-0.05, 0) is 119 Å². The van der Waals surface area contributed by atoms with Crippen LogP contribution in [-0.4, -0.2) is 9.97 Å². The summed E-state index contributed by atoms with van der Waals surface area (Å²) < 4.78 is 106. The van der Waals surface area contributed by atoms with Gasteiger partial charge in [-0.15, -0.1) is 47.5 Å². The van der Waals surface area contributed by atoms with E-state index >= 15 is 0 Å². The largest absolute Gasteiger partial charge is 0.501 e. The Bertz CT molecular complexity index is 3210. The van der Waals surface area contributed by atoms with Gasteiger partial charge in [-0.25, -0.2) is 0 Å². The zero-order valence-electron chi connectivity index (χ0n) is 46.6. The first-order chi connectivity index (χ1) is 33.1. The first kappa shape index (κ1) is 30.0. The van der Waals surface area contributed by atoms with Crippen LogP contribution in [0.4, 0.5) is 0 Å². The molecule has 0 atom stereocenters. The van der Waals surface area contributed by atoms with E-state index in [-0.39, 0.29) is 47.8 Å². The molecule has 60 heavy (non-hydrogen) atoms. The molecule has 8 aromatic rings. The van der Waals surface area contributed by atoms with Gasteiger partial charge >= 0.3 is 0 Å². The van der Waals surface area contributed by atoms with E-state index in [0.717, 1.165) is 29.2 Å². The molecule has 0 amide bonds. The molecular formula is C56H56IrN2O-2. The first-order valence-electron chi connectivity index (χ1n) is 26.1. The number of nitrogens with zero attached hydrogens (tertiary/aromatic N) is 2. The summed E-state index contributed by atoms with van der Waals surface area (Å²) in [6.07, 6.45) is 4.36. The van der Waals surface area contributed by atoms with E-state index in [1.54, 1.807) is 54.7 Å². The zero-order valence-corrected chi connectivity index (χ0v) is 37.0. The molecule has 0 bridgehead atoms. The quantitative estimate of drug-likeness (QED) is 0.156. The molecule has 9 rings (SSSR count). The van der Waals surface area contributed by atoms with E-state index < -0.39 is 38.2 Å². The van der Waals surface area contributed by atoms with E-state index in [4.69, 9.17) is 19.5 Å². The summed E-state index contributed by atoms with van der Waals surface area (Å²) in [5.41, 5.74) is 6.53. The first-order valence-corrected chi connectivity index (χ1v) is 20.1. The molecule has 1 aliphatic carbocycles. The van der Waals surface area contributed by atoms with Crippen LogP contribution in [0, 0.1) is 43.5 Å². The van der Waals surface area contributed by atoms with Crippen LogP contribution >= 0.6 is 0 Å². The molecule has 1 fully saturated rings. The number of hydrogen-bond donors (Lipinski definition) is 0. The SMILES string of the molecule is [2H]C([2H])([2H])c1c[c-]c(-c2ccc(C([2H])([2H])C(C)(C)C)cn2)cc1-c1ccccc1.[2H]C([2H])([2H])c1cnc(-c2[c-]ccc3c2oc2ccccc23)cc1-c1ccc(C2([2H])CCC(C)(C)CC2)cc1C([2H])([2H])[2H].[Ir]. The van der Waals surface area contributed by atoms with Gasteiger partial charge in [0.1, 0.15) is 5.58 Å². The van der Waals surface area contributed by atoms with Gasteiger partial charge < -0.3 is 14.4 Å². The van der Waals surface area contributed by atoms with Crippen molar-refractivity contribution in [2.75, 3.05) is 0 Å². The number of benzene rings is 5. The third-order valence-corrected chi connectivity index (χ3v) is 11.0. The fourth-order valence-corrected chi connectivity index (χ4v) is 7.77. The van der Waals surface area contributed by atoms with Crippen LogP contribution in [0.25, 0.3) is 66.7 Å². The summed E-state index contributed by atoms with van der Waals surface area (Å²) in [6, 6.07) is 40.5. The van der Waals surface area contributed by atoms with E-state index in [1.807, 2.05) is 81.4 Å². The summed E-state index contributed by atoms with van der Waals surface area (Å²) in [6.45, 7) is 2.65. The molecular weight excluding hydrogens is 909 g/mol. The van der Waals surface area contributed by atoms with Gasteiger partial charge in [-0.1, -0.05) is 143 Å². The summed E-state index contributed by atoms with van der Waals surface area (Å²) >= 11 is 0. The molecule has 4 heteroatoms. The van der Waals surface area contributed by atoms with Crippen molar-refractivity contribution in [1.29, 1.82) is 0 Å². The normalized spacial score (nSPS) is 18.4. The minimum absolute atomic E-state index is 0. The fraction of sp³-hybridized carbons (Fsp3) is 0.286. The Balaban J connectivity index is 0.000000223. The molecule has 307 valence electrons. The van der Waals surface area contributed by atoms with Crippen molar-refractivity contribution in [3.63, 3.8) is 0 Å². The molecule has 5 aromatic carbocycles. The number of para-hydroxylation sites is 1. The fourth-order valence-electron chi connectivity index (χ4n) is 7.77. The predicted molar refractivity (Wildman–Crippen MR) is 248 cm³/mol. The maximum Gasteiger partial charge on any atom is 0.120 e. The molecule has 0 aliphatic heterocycles. The molecule has 1 saturated carbocycles. The van der Waals surface area contributed by atoms with Crippen molar-refractivity contribution >= 4 is 21.9 Å². The zero-order chi connectivity index (χ0) is 51.5. The van der Waals surface area contributed by atoms with Crippen molar-refractivity contribution in [1.82, 2.24) is 9.97 Å².